The van der Waals surface area contributed by atoms with E-state index < -0.39 is 0 Å². The summed E-state index contributed by atoms with van der Waals surface area (Å²) in [6, 6.07) is 11.7. The van der Waals surface area contributed by atoms with Crippen molar-refractivity contribution in [2.24, 2.45) is 5.73 Å². The van der Waals surface area contributed by atoms with Crippen LogP contribution in [0.5, 0.6) is 11.5 Å². The fourth-order valence-corrected chi connectivity index (χ4v) is 2.44. The smallest absolute Gasteiger partial charge is 0.161 e. The summed E-state index contributed by atoms with van der Waals surface area (Å²) in [5, 5.41) is 0.694. The highest BCUT2D eigenvalue weighted by Gasteiger charge is 2.13. The lowest BCUT2D eigenvalue weighted by Gasteiger charge is -2.19. The summed E-state index contributed by atoms with van der Waals surface area (Å²) in [6.45, 7) is 1.66. The van der Waals surface area contributed by atoms with E-state index in [1.54, 1.807) is 0 Å². The highest BCUT2D eigenvalue weighted by molar-refractivity contribution is 6.33. The molecule has 0 aromatic heterocycles. The molecule has 4 heteroatoms. The maximum Gasteiger partial charge on any atom is 0.161 e. The van der Waals surface area contributed by atoms with E-state index in [0.717, 1.165) is 28.2 Å². The molecule has 0 bridgehead atoms. The van der Waals surface area contributed by atoms with Crippen molar-refractivity contribution in [1.29, 1.82) is 0 Å². The number of rotatable bonds is 2. The van der Waals surface area contributed by atoms with Crippen LogP contribution in [0, 0.1) is 0 Å². The van der Waals surface area contributed by atoms with Crippen molar-refractivity contribution >= 4 is 11.6 Å². The molecule has 0 amide bonds. The van der Waals surface area contributed by atoms with Crippen molar-refractivity contribution in [3.8, 4) is 22.6 Å². The second kappa shape index (κ2) is 5.11. The molecule has 0 spiro atoms. The van der Waals surface area contributed by atoms with E-state index in [0.29, 0.717) is 24.8 Å². The van der Waals surface area contributed by atoms with E-state index in [9.17, 15) is 0 Å². The Bertz CT molecular complexity index is 613. The Morgan fingerprint density at radius 2 is 1.79 bits per heavy atom. The average Bonchev–Trinajstić information content (AvgIpc) is 2.46. The molecule has 2 N–H and O–H groups in total. The molecule has 2 aromatic rings. The summed E-state index contributed by atoms with van der Waals surface area (Å²) >= 11 is 6.30. The highest BCUT2D eigenvalue weighted by atomic mass is 35.5. The number of fused-ring (bicyclic) bond motifs is 1. The normalized spacial score (nSPS) is 13.4. The van der Waals surface area contributed by atoms with Crippen LogP contribution in [0.3, 0.4) is 0 Å². The van der Waals surface area contributed by atoms with Crippen LogP contribution in [0.2, 0.25) is 5.02 Å². The number of benzene rings is 2. The van der Waals surface area contributed by atoms with Crippen LogP contribution in [0.4, 0.5) is 0 Å². The fraction of sp³-hybridized carbons (Fsp3) is 0.200. The van der Waals surface area contributed by atoms with Crippen LogP contribution in [0.15, 0.2) is 36.4 Å². The van der Waals surface area contributed by atoms with Gasteiger partial charge in [0.05, 0.1) is 0 Å². The fourth-order valence-electron chi connectivity index (χ4n) is 2.13. The molecule has 0 unspecified atom stereocenters. The van der Waals surface area contributed by atoms with Gasteiger partial charge < -0.3 is 15.2 Å². The second-order valence-electron chi connectivity index (χ2n) is 4.38. The van der Waals surface area contributed by atoms with Crippen molar-refractivity contribution in [3.63, 3.8) is 0 Å². The first-order valence-corrected chi connectivity index (χ1v) is 6.54. The zero-order valence-corrected chi connectivity index (χ0v) is 11.1. The van der Waals surface area contributed by atoms with Crippen LogP contribution < -0.4 is 15.2 Å². The van der Waals surface area contributed by atoms with Gasteiger partial charge in [-0.15, -0.1) is 0 Å². The Hall–Kier alpha value is -1.71. The van der Waals surface area contributed by atoms with Gasteiger partial charge in [0.25, 0.3) is 0 Å². The van der Waals surface area contributed by atoms with E-state index in [-0.39, 0.29) is 0 Å². The van der Waals surface area contributed by atoms with Gasteiger partial charge in [0.15, 0.2) is 11.5 Å². The van der Waals surface area contributed by atoms with Crippen molar-refractivity contribution in [3.05, 3.63) is 47.0 Å². The van der Waals surface area contributed by atoms with E-state index in [1.165, 1.54) is 0 Å². The molecule has 0 fully saturated rings. The summed E-state index contributed by atoms with van der Waals surface area (Å²) in [5.41, 5.74) is 8.60. The monoisotopic (exact) mass is 275 g/mol. The highest BCUT2D eigenvalue weighted by Crippen LogP contribution is 2.36. The zero-order chi connectivity index (χ0) is 13.2. The van der Waals surface area contributed by atoms with Crippen molar-refractivity contribution in [2.75, 3.05) is 13.2 Å². The van der Waals surface area contributed by atoms with Crippen LogP contribution >= 0.6 is 11.6 Å². The van der Waals surface area contributed by atoms with Crippen molar-refractivity contribution < 1.29 is 9.47 Å². The molecule has 0 saturated heterocycles. The van der Waals surface area contributed by atoms with Gasteiger partial charge in [0.1, 0.15) is 13.2 Å². The lowest BCUT2D eigenvalue weighted by molar-refractivity contribution is 0.171. The van der Waals surface area contributed by atoms with E-state index in [1.807, 2.05) is 36.4 Å². The molecular formula is C15H14ClNO2. The van der Waals surface area contributed by atoms with Crippen LogP contribution in [0.25, 0.3) is 11.1 Å². The predicted octanol–water partition coefficient (Wildman–Crippen LogP) is 3.24. The number of halogens is 1. The maximum atomic E-state index is 6.30. The molecule has 0 radical (unpaired) electrons. The van der Waals surface area contributed by atoms with E-state index >= 15 is 0 Å². The number of ether oxygens (including phenoxy) is 2. The van der Waals surface area contributed by atoms with Gasteiger partial charge in [-0.3, -0.25) is 0 Å². The zero-order valence-electron chi connectivity index (χ0n) is 10.4. The molecule has 3 nitrogen and oxygen atoms in total. The van der Waals surface area contributed by atoms with Crippen molar-refractivity contribution in [2.45, 2.75) is 6.54 Å². The molecule has 1 aliphatic rings. The Kier molecular flexibility index (Phi) is 3.32. The topological polar surface area (TPSA) is 44.5 Å². The van der Waals surface area contributed by atoms with Crippen LogP contribution in [0.1, 0.15) is 5.56 Å². The summed E-state index contributed by atoms with van der Waals surface area (Å²) in [5.74, 6) is 1.55. The van der Waals surface area contributed by atoms with Gasteiger partial charge in [-0.25, -0.2) is 0 Å². The largest absolute Gasteiger partial charge is 0.486 e. The minimum atomic E-state index is 0.487. The SMILES string of the molecule is NCc1ccc(-c2ccc3c(c2)OCCO3)c(Cl)c1. The second-order valence-corrected chi connectivity index (χ2v) is 4.78. The van der Waals surface area contributed by atoms with E-state index in [4.69, 9.17) is 26.8 Å². The third-order valence-electron chi connectivity index (χ3n) is 3.12. The number of hydrogen-bond donors (Lipinski definition) is 1. The lowest BCUT2D eigenvalue weighted by Crippen LogP contribution is -2.15. The average molecular weight is 276 g/mol. The summed E-state index contributed by atoms with van der Waals surface area (Å²) in [4.78, 5) is 0. The number of hydrogen-bond acceptors (Lipinski definition) is 3. The predicted molar refractivity (Wildman–Crippen MR) is 75.8 cm³/mol. The lowest BCUT2D eigenvalue weighted by atomic mass is 10.0. The molecule has 19 heavy (non-hydrogen) atoms. The number of nitrogens with two attached hydrogens (primary N) is 1. The third kappa shape index (κ3) is 2.39. The van der Waals surface area contributed by atoms with E-state index in [2.05, 4.69) is 0 Å². The van der Waals surface area contributed by atoms with Gasteiger partial charge in [-0.1, -0.05) is 29.8 Å². The maximum absolute atomic E-state index is 6.30. The molecule has 1 aliphatic heterocycles. The van der Waals surface area contributed by atoms with Crippen molar-refractivity contribution in [1.82, 2.24) is 0 Å². The first-order valence-electron chi connectivity index (χ1n) is 6.16. The minimum Gasteiger partial charge on any atom is -0.486 e. The molecule has 1 heterocycles. The molecule has 0 atom stereocenters. The summed E-state index contributed by atoms with van der Waals surface area (Å²) in [7, 11) is 0. The Labute approximate surface area is 116 Å². The molecular weight excluding hydrogens is 262 g/mol. The Morgan fingerprint density at radius 1 is 1.00 bits per heavy atom. The molecule has 3 rings (SSSR count). The van der Waals surface area contributed by atoms with Crippen LogP contribution in [-0.2, 0) is 6.54 Å². The molecule has 2 aromatic carbocycles. The summed E-state index contributed by atoms with van der Waals surface area (Å²) < 4.78 is 11.1. The van der Waals surface area contributed by atoms with Gasteiger partial charge in [0, 0.05) is 17.1 Å². The van der Waals surface area contributed by atoms with Gasteiger partial charge in [-0.2, -0.15) is 0 Å². The first kappa shape index (κ1) is 12.3. The Morgan fingerprint density at radius 3 is 2.53 bits per heavy atom. The molecule has 98 valence electrons. The molecule has 0 aliphatic carbocycles. The standard InChI is InChI=1S/C15H14ClNO2/c16-13-7-10(9-17)1-3-12(13)11-2-4-14-15(8-11)19-6-5-18-14/h1-4,7-8H,5-6,9,17H2. The molecule has 0 saturated carbocycles. The van der Waals surface area contributed by atoms with Gasteiger partial charge in [-0.05, 0) is 29.3 Å². The van der Waals surface area contributed by atoms with Crippen LogP contribution in [-0.4, -0.2) is 13.2 Å². The summed E-state index contributed by atoms with van der Waals surface area (Å²) in [6.07, 6.45) is 0. The quantitative estimate of drug-likeness (QED) is 0.915. The minimum absolute atomic E-state index is 0.487. The Balaban J connectivity index is 2.02. The van der Waals surface area contributed by atoms with Gasteiger partial charge >= 0.3 is 0 Å². The van der Waals surface area contributed by atoms with Gasteiger partial charge in [0.2, 0.25) is 0 Å². The third-order valence-corrected chi connectivity index (χ3v) is 3.44. The first-order chi connectivity index (χ1) is 9.28.